The van der Waals surface area contributed by atoms with Gasteiger partial charge in [-0.1, -0.05) is 70.7 Å². The molecule has 2 unspecified atom stereocenters. The van der Waals surface area contributed by atoms with E-state index < -0.39 is 0 Å². The molecule has 2 aromatic rings. The van der Waals surface area contributed by atoms with Crippen LogP contribution in [0.3, 0.4) is 0 Å². The maximum atomic E-state index is 4.39. The Bertz CT molecular complexity index is 1050. The van der Waals surface area contributed by atoms with Crippen molar-refractivity contribution in [2.75, 3.05) is 31.5 Å². The lowest BCUT2D eigenvalue weighted by Crippen LogP contribution is -2.51. The van der Waals surface area contributed by atoms with Crippen LogP contribution in [0.25, 0.3) is 5.70 Å². The fraction of sp³-hybridized carbons (Fsp3) is 0.515. The fourth-order valence-corrected chi connectivity index (χ4v) is 5.89. The summed E-state index contributed by atoms with van der Waals surface area (Å²) in [7, 11) is 0. The van der Waals surface area contributed by atoms with E-state index in [4.69, 9.17) is 0 Å². The van der Waals surface area contributed by atoms with E-state index >= 15 is 0 Å². The number of allylic oxidation sites excluding steroid dienone is 1. The Labute approximate surface area is 236 Å². The Hall–Kier alpha value is -2.21. The minimum atomic E-state index is 0.193. The van der Waals surface area contributed by atoms with Gasteiger partial charge >= 0.3 is 0 Å². The summed E-state index contributed by atoms with van der Waals surface area (Å²) in [6.45, 7) is 21.0. The molecule has 4 nitrogen and oxygen atoms in total. The average molecular weight is 535 g/mol. The highest BCUT2D eigenvalue weighted by atomic mass is 32.2. The molecule has 3 aliphatic rings. The number of benzene rings is 2. The lowest BCUT2D eigenvalue weighted by Gasteiger charge is -2.29. The summed E-state index contributed by atoms with van der Waals surface area (Å²) in [5, 5.41) is 14.8. The van der Waals surface area contributed by atoms with Crippen LogP contribution in [-0.2, 0) is 0 Å². The van der Waals surface area contributed by atoms with E-state index in [0.717, 1.165) is 43.4 Å². The van der Waals surface area contributed by atoms with Gasteiger partial charge in [0, 0.05) is 47.9 Å². The molecule has 0 spiro atoms. The van der Waals surface area contributed by atoms with Gasteiger partial charge in [-0.2, -0.15) is 0 Å². The number of aryl methyl sites for hydroxylation is 1. The zero-order valence-electron chi connectivity index (χ0n) is 24.5. The van der Waals surface area contributed by atoms with Gasteiger partial charge in [-0.25, -0.2) is 0 Å². The molecule has 2 fully saturated rings. The van der Waals surface area contributed by atoms with Gasteiger partial charge in [0.1, 0.15) is 0 Å². The minimum Gasteiger partial charge on any atom is -0.380 e. The molecule has 2 heterocycles. The standard InChI is InChI=1S/C29H38N4S.2C2H6/c1-19-7-10-25(33-26-16-31-17-26)14-28(19)21(3)32-20(2)23-5-4-6-24(13-23)29-12-11-27(34-29)18-30-15-22-8-9-22;2*1-2/h4-7,10-11,13-14,20,22,26,29-33H,3,8-9,12,15-18H2,1-2H3;2*1-2H3. The molecule has 38 heavy (non-hydrogen) atoms. The Kier molecular flexibility index (Phi) is 12.3. The molecular formula is C33H50N4S. The molecule has 0 amide bonds. The van der Waals surface area contributed by atoms with E-state index in [-0.39, 0.29) is 6.04 Å². The molecular weight excluding hydrogens is 484 g/mol. The quantitative estimate of drug-likeness (QED) is 0.237. The first-order valence-corrected chi connectivity index (χ1v) is 15.6. The average Bonchev–Trinajstić information content (AvgIpc) is 3.63. The lowest BCUT2D eigenvalue weighted by atomic mass is 10.00. The smallest absolute Gasteiger partial charge is 0.0510 e. The molecule has 5 heteroatoms. The van der Waals surface area contributed by atoms with Crippen molar-refractivity contribution in [3.8, 4) is 0 Å². The molecule has 0 aromatic heterocycles. The lowest BCUT2D eigenvalue weighted by molar-refractivity contribution is 0.472. The van der Waals surface area contributed by atoms with E-state index in [2.05, 4.69) is 90.2 Å². The van der Waals surface area contributed by atoms with Crippen molar-refractivity contribution in [1.29, 1.82) is 0 Å². The third kappa shape index (κ3) is 8.65. The molecule has 0 bridgehead atoms. The Morgan fingerprint density at radius 3 is 2.53 bits per heavy atom. The first-order valence-electron chi connectivity index (χ1n) is 14.7. The topological polar surface area (TPSA) is 48.1 Å². The van der Waals surface area contributed by atoms with Crippen molar-refractivity contribution in [1.82, 2.24) is 16.0 Å². The summed E-state index contributed by atoms with van der Waals surface area (Å²) in [5.74, 6) is 0.936. The zero-order chi connectivity index (χ0) is 27.5. The highest BCUT2D eigenvalue weighted by Crippen LogP contribution is 2.44. The van der Waals surface area contributed by atoms with Gasteiger partial charge in [0.25, 0.3) is 0 Å². The highest BCUT2D eigenvalue weighted by molar-refractivity contribution is 8.03. The van der Waals surface area contributed by atoms with Gasteiger partial charge in [0.15, 0.2) is 0 Å². The highest BCUT2D eigenvalue weighted by Gasteiger charge is 2.23. The number of nitrogens with one attached hydrogen (secondary N) is 4. The van der Waals surface area contributed by atoms with Gasteiger partial charge in [0.05, 0.1) is 6.04 Å². The zero-order valence-corrected chi connectivity index (χ0v) is 25.3. The van der Waals surface area contributed by atoms with Crippen LogP contribution in [0.1, 0.15) is 87.4 Å². The summed E-state index contributed by atoms with van der Waals surface area (Å²) in [6.07, 6.45) is 6.37. The molecule has 2 aromatic carbocycles. The van der Waals surface area contributed by atoms with Gasteiger partial charge in [-0.05, 0) is 79.3 Å². The largest absolute Gasteiger partial charge is 0.380 e. The van der Waals surface area contributed by atoms with Crippen LogP contribution in [0.2, 0.25) is 0 Å². The molecule has 2 aliphatic heterocycles. The van der Waals surface area contributed by atoms with Crippen LogP contribution < -0.4 is 21.3 Å². The van der Waals surface area contributed by atoms with Crippen molar-refractivity contribution in [2.24, 2.45) is 5.92 Å². The Morgan fingerprint density at radius 2 is 1.84 bits per heavy atom. The first kappa shape index (κ1) is 30.3. The first-order chi connectivity index (χ1) is 18.5. The normalized spacial score (nSPS) is 19.1. The number of hydrogen-bond acceptors (Lipinski definition) is 5. The van der Waals surface area contributed by atoms with Gasteiger partial charge in [-0.15, -0.1) is 11.8 Å². The maximum absolute atomic E-state index is 4.39. The Balaban J connectivity index is 0.000000956. The summed E-state index contributed by atoms with van der Waals surface area (Å²) in [4.78, 5) is 1.50. The van der Waals surface area contributed by atoms with Crippen LogP contribution in [-0.4, -0.2) is 32.2 Å². The summed E-state index contributed by atoms with van der Waals surface area (Å²) in [6, 6.07) is 16.4. The van der Waals surface area contributed by atoms with Crippen LogP contribution in [0.5, 0.6) is 0 Å². The third-order valence-electron chi connectivity index (χ3n) is 7.17. The van der Waals surface area contributed by atoms with Crippen LogP contribution in [0, 0.1) is 12.8 Å². The molecule has 2 atom stereocenters. The minimum absolute atomic E-state index is 0.193. The van der Waals surface area contributed by atoms with Crippen molar-refractivity contribution in [3.05, 3.63) is 82.3 Å². The van der Waals surface area contributed by atoms with Gasteiger partial charge in [-0.3, -0.25) is 0 Å². The predicted octanol–water partition coefficient (Wildman–Crippen LogP) is 7.81. The summed E-state index contributed by atoms with van der Waals surface area (Å²) < 4.78 is 0. The number of thioether (sulfide) groups is 1. The van der Waals surface area contributed by atoms with Crippen LogP contribution >= 0.6 is 11.8 Å². The second-order valence-electron chi connectivity index (χ2n) is 10.1. The SMILES string of the molecule is C=C(NC(C)c1cccc(C2CC=C(CNCC3CC3)S2)c1)c1cc(NC2CNC2)ccc1C.CC.CC. The predicted molar refractivity (Wildman–Crippen MR) is 170 cm³/mol. The summed E-state index contributed by atoms with van der Waals surface area (Å²) in [5.41, 5.74) is 7.30. The van der Waals surface area contributed by atoms with Gasteiger partial charge in [0.2, 0.25) is 0 Å². The van der Waals surface area contributed by atoms with E-state index in [9.17, 15) is 0 Å². The van der Waals surface area contributed by atoms with Crippen molar-refractivity contribution < 1.29 is 0 Å². The molecule has 5 rings (SSSR count). The maximum Gasteiger partial charge on any atom is 0.0510 e. The third-order valence-corrected chi connectivity index (χ3v) is 8.53. The van der Waals surface area contributed by atoms with E-state index in [1.807, 2.05) is 39.5 Å². The van der Waals surface area contributed by atoms with E-state index in [1.54, 1.807) is 0 Å². The van der Waals surface area contributed by atoms with Crippen molar-refractivity contribution in [3.63, 3.8) is 0 Å². The molecule has 0 radical (unpaired) electrons. The molecule has 4 N–H and O–H groups in total. The van der Waals surface area contributed by atoms with E-state index in [0.29, 0.717) is 11.3 Å². The second-order valence-corrected chi connectivity index (χ2v) is 11.5. The van der Waals surface area contributed by atoms with E-state index in [1.165, 1.54) is 46.5 Å². The molecule has 1 saturated carbocycles. The monoisotopic (exact) mass is 534 g/mol. The van der Waals surface area contributed by atoms with Crippen LogP contribution in [0.15, 0.2) is 60.0 Å². The molecule has 1 saturated heterocycles. The number of hydrogen-bond donors (Lipinski definition) is 4. The number of rotatable bonds is 11. The van der Waals surface area contributed by atoms with Gasteiger partial charge < -0.3 is 21.3 Å². The Morgan fingerprint density at radius 1 is 1.08 bits per heavy atom. The second kappa shape index (κ2) is 15.4. The molecule has 208 valence electrons. The van der Waals surface area contributed by atoms with Crippen molar-refractivity contribution >= 4 is 23.1 Å². The van der Waals surface area contributed by atoms with Crippen molar-refractivity contribution in [2.45, 2.75) is 78.1 Å². The fourth-order valence-electron chi connectivity index (χ4n) is 4.67. The molecule has 1 aliphatic carbocycles. The van der Waals surface area contributed by atoms with Crippen LogP contribution in [0.4, 0.5) is 5.69 Å². The summed E-state index contributed by atoms with van der Waals surface area (Å²) >= 11 is 2.03. The number of anilines is 1.